The first-order valence-electron chi connectivity index (χ1n) is 5.87. The molecule has 0 radical (unpaired) electrons. The summed E-state index contributed by atoms with van der Waals surface area (Å²) in [4.78, 5) is 18.8. The zero-order valence-electron chi connectivity index (χ0n) is 10.5. The number of aromatic nitrogens is 2. The predicted molar refractivity (Wildman–Crippen MR) is 76.6 cm³/mol. The Hall–Kier alpha value is -2.19. The summed E-state index contributed by atoms with van der Waals surface area (Å²) >= 11 is 5.68. The number of nitrogens with one attached hydrogen (secondary N) is 2. The van der Waals surface area contributed by atoms with Gasteiger partial charge in [0.2, 0.25) is 5.91 Å². The molecule has 1 aliphatic rings. The lowest BCUT2D eigenvalue weighted by Crippen LogP contribution is -2.14. The van der Waals surface area contributed by atoms with Gasteiger partial charge in [-0.2, -0.15) is 0 Å². The Morgan fingerprint density at radius 3 is 2.81 bits per heavy atom. The van der Waals surface area contributed by atoms with Crippen LogP contribution in [-0.2, 0) is 21.2 Å². The highest BCUT2D eigenvalue weighted by Gasteiger charge is 2.22. The molecule has 1 aromatic carbocycles. The van der Waals surface area contributed by atoms with Gasteiger partial charge in [-0.25, -0.2) is 18.4 Å². The van der Waals surface area contributed by atoms with E-state index in [0.29, 0.717) is 11.3 Å². The van der Waals surface area contributed by atoms with Crippen LogP contribution in [0.15, 0.2) is 35.5 Å². The van der Waals surface area contributed by atoms with E-state index in [2.05, 4.69) is 20.0 Å². The Balaban J connectivity index is 1.92. The molecule has 0 bridgehead atoms. The molecule has 0 aliphatic carbocycles. The van der Waals surface area contributed by atoms with E-state index in [1.54, 1.807) is 6.07 Å². The number of benzene rings is 1. The van der Waals surface area contributed by atoms with Gasteiger partial charge < -0.3 is 5.32 Å². The van der Waals surface area contributed by atoms with Crippen molar-refractivity contribution in [2.75, 3.05) is 10.0 Å². The van der Waals surface area contributed by atoms with E-state index in [0.717, 1.165) is 6.33 Å². The van der Waals surface area contributed by atoms with Gasteiger partial charge in [-0.05, 0) is 23.8 Å². The number of carbonyl (C=O) groups excluding carboxylic acids is 1. The van der Waals surface area contributed by atoms with Crippen LogP contribution in [0.5, 0.6) is 0 Å². The minimum absolute atomic E-state index is 0.0486. The van der Waals surface area contributed by atoms with Crippen LogP contribution in [0, 0.1) is 0 Å². The lowest BCUT2D eigenvalue weighted by molar-refractivity contribution is -0.115. The van der Waals surface area contributed by atoms with Crippen LogP contribution in [0.2, 0.25) is 5.15 Å². The van der Waals surface area contributed by atoms with Crippen molar-refractivity contribution in [2.45, 2.75) is 11.3 Å². The second kappa shape index (κ2) is 4.97. The zero-order chi connectivity index (χ0) is 15.0. The average molecular weight is 325 g/mol. The van der Waals surface area contributed by atoms with E-state index in [1.807, 2.05) is 0 Å². The van der Waals surface area contributed by atoms with Crippen molar-refractivity contribution < 1.29 is 13.2 Å². The van der Waals surface area contributed by atoms with Gasteiger partial charge in [0.05, 0.1) is 11.3 Å². The first kappa shape index (κ1) is 13.8. The Labute approximate surface area is 125 Å². The number of sulfonamides is 1. The first-order chi connectivity index (χ1) is 9.94. The molecule has 0 unspecified atom stereocenters. The van der Waals surface area contributed by atoms with Crippen molar-refractivity contribution in [3.63, 3.8) is 0 Å². The second-order valence-corrected chi connectivity index (χ2v) is 6.45. The third kappa shape index (κ3) is 2.81. The summed E-state index contributed by atoms with van der Waals surface area (Å²) in [5, 5.41) is 2.77. The van der Waals surface area contributed by atoms with Gasteiger partial charge in [0.25, 0.3) is 10.0 Å². The maximum absolute atomic E-state index is 12.3. The number of anilines is 2. The highest BCUT2D eigenvalue weighted by molar-refractivity contribution is 7.92. The maximum atomic E-state index is 12.3. The van der Waals surface area contributed by atoms with Crippen LogP contribution in [0.25, 0.3) is 0 Å². The Morgan fingerprint density at radius 2 is 2.05 bits per heavy atom. The predicted octanol–water partition coefficient (Wildman–Crippen LogP) is 1.43. The van der Waals surface area contributed by atoms with Crippen LogP contribution in [-0.4, -0.2) is 24.3 Å². The molecule has 2 heterocycles. The third-order valence-electron chi connectivity index (χ3n) is 2.88. The number of carbonyl (C=O) groups is 1. The number of fused-ring (bicyclic) bond motifs is 1. The molecule has 1 aliphatic heterocycles. The lowest BCUT2D eigenvalue weighted by atomic mass is 10.2. The number of hydrogen-bond donors (Lipinski definition) is 2. The summed E-state index contributed by atoms with van der Waals surface area (Å²) in [5.41, 5.74) is 1.27. The fraction of sp³-hybridized carbons (Fsp3) is 0.0833. The molecule has 1 aromatic heterocycles. The molecule has 7 nitrogen and oxygen atoms in total. The van der Waals surface area contributed by atoms with E-state index in [1.165, 1.54) is 18.2 Å². The van der Waals surface area contributed by atoms with Crippen molar-refractivity contribution in [1.82, 2.24) is 9.97 Å². The standard InChI is InChI=1S/C12H9ClN4O3S/c13-10-5-11(15-6-14-10)17-21(19,20)8-1-2-9-7(3-8)4-12(18)16-9/h1-3,5-6H,4H2,(H,16,18)(H,14,15,17). The summed E-state index contributed by atoms with van der Waals surface area (Å²) in [6.45, 7) is 0. The molecule has 3 rings (SSSR count). The van der Waals surface area contributed by atoms with Crippen LogP contribution >= 0.6 is 11.6 Å². The largest absolute Gasteiger partial charge is 0.326 e. The van der Waals surface area contributed by atoms with Crippen LogP contribution < -0.4 is 10.0 Å². The van der Waals surface area contributed by atoms with Crippen LogP contribution in [0.4, 0.5) is 11.5 Å². The van der Waals surface area contributed by atoms with Crippen molar-refractivity contribution in [3.8, 4) is 0 Å². The zero-order valence-corrected chi connectivity index (χ0v) is 12.1. The van der Waals surface area contributed by atoms with Gasteiger partial charge in [-0.1, -0.05) is 11.6 Å². The summed E-state index contributed by atoms with van der Waals surface area (Å²) in [6, 6.07) is 5.73. The SMILES string of the molecule is O=C1Cc2cc(S(=O)(=O)Nc3cc(Cl)ncn3)ccc2N1. The van der Waals surface area contributed by atoms with Crippen molar-refractivity contribution in [1.29, 1.82) is 0 Å². The molecule has 108 valence electrons. The van der Waals surface area contributed by atoms with E-state index < -0.39 is 10.0 Å². The Bertz CT molecular complexity index is 838. The fourth-order valence-electron chi connectivity index (χ4n) is 1.96. The van der Waals surface area contributed by atoms with Crippen molar-refractivity contribution >= 4 is 39.0 Å². The molecule has 21 heavy (non-hydrogen) atoms. The third-order valence-corrected chi connectivity index (χ3v) is 4.44. The number of nitrogens with zero attached hydrogens (tertiary/aromatic N) is 2. The maximum Gasteiger partial charge on any atom is 0.263 e. The number of amides is 1. The van der Waals surface area contributed by atoms with E-state index in [9.17, 15) is 13.2 Å². The Kier molecular flexibility index (Phi) is 3.26. The van der Waals surface area contributed by atoms with E-state index in [4.69, 9.17) is 11.6 Å². The first-order valence-corrected chi connectivity index (χ1v) is 7.73. The number of halogens is 1. The Morgan fingerprint density at radius 1 is 1.24 bits per heavy atom. The normalized spacial score (nSPS) is 13.7. The van der Waals surface area contributed by atoms with E-state index >= 15 is 0 Å². The summed E-state index contributed by atoms with van der Waals surface area (Å²) in [5.74, 6) is -0.0835. The molecule has 0 fully saturated rings. The minimum Gasteiger partial charge on any atom is -0.326 e. The van der Waals surface area contributed by atoms with Crippen molar-refractivity contribution in [2.24, 2.45) is 0 Å². The van der Waals surface area contributed by atoms with Gasteiger partial charge in [-0.3, -0.25) is 9.52 Å². The van der Waals surface area contributed by atoms with Gasteiger partial charge in [0.15, 0.2) is 0 Å². The molecule has 0 atom stereocenters. The van der Waals surface area contributed by atoms with Gasteiger partial charge >= 0.3 is 0 Å². The quantitative estimate of drug-likeness (QED) is 0.832. The number of rotatable bonds is 3. The molecule has 0 spiro atoms. The smallest absolute Gasteiger partial charge is 0.263 e. The molecule has 1 amide bonds. The van der Waals surface area contributed by atoms with Crippen LogP contribution in [0.3, 0.4) is 0 Å². The molecular weight excluding hydrogens is 316 g/mol. The average Bonchev–Trinajstić information content (AvgIpc) is 2.77. The number of hydrogen-bond acceptors (Lipinski definition) is 5. The molecule has 0 saturated carbocycles. The van der Waals surface area contributed by atoms with Crippen LogP contribution in [0.1, 0.15) is 5.56 Å². The molecular formula is C12H9ClN4O3S. The highest BCUT2D eigenvalue weighted by atomic mass is 35.5. The second-order valence-electron chi connectivity index (χ2n) is 4.38. The molecule has 0 saturated heterocycles. The molecule has 2 aromatic rings. The van der Waals surface area contributed by atoms with Gasteiger partial charge in [0, 0.05) is 11.8 Å². The molecule has 9 heteroatoms. The monoisotopic (exact) mass is 324 g/mol. The summed E-state index contributed by atoms with van der Waals surface area (Å²) in [6.07, 6.45) is 1.32. The van der Waals surface area contributed by atoms with Crippen molar-refractivity contribution in [3.05, 3.63) is 41.3 Å². The van der Waals surface area contributed by atoms with E-state index in [-0.39, 0.29) is 28.2 Å². The fourth-order valence-corrected chi connectivity index (χ4v) is 3.16. The minimum atomic E-state index is -3.81. The lowest BCUT2D eigenvalue weighted by Gasteiger charge is -2.08. The summed E-state index contributed by atoms with van der Waals surface area (Å²) < 4.78 is 26.9. The van der Waals surface area contributed by atoms with Gasteiger partial charge in [0.1, 0.15) is 17.3 Å². The topological polar surface area (TPSA) is 101 Å². The van der Waals surface area contributed by atoms with Gasteiger partial charge in [-0.15, -0.1) is 0 Å². The summed E-state index contributed by atoms with van der Waals surface area (Å²) in [7, 11) is -3.81. The highest BCUT2D eigenvalue weighted by Crippen LogP contribution is 2.26. The molecule has 2 N–H and O–H groups in total.